The maximum Gasteiger partial charge on any atom is 0.358 e. The lowest BCUT2D eigenvalue weighted by molar-refractivity contribution is 0.0593. The molecule has 0 unspecified atom stereocenters. The molecule has 5 heteroatoms. The molecule has 0 amide bonds. The van der Waals surface area contributed by atoms with Crippen molar-refractivity contribution < 1.29 is 9.53 Å². The minimum atomic E-state index is -0.493. The first-order chi connectivity index (χ1) is 8.56. The molecule has 0 fully saturated rings. The molecule has 0 saturated heterocycles. The summed E-state index contributed by atoms with van der Waals surface area (Å²) < 4.78 is 6.41. The first-order valence-electron chi connectivity index (χ1n) is 5.54. The van der Waals surface area contributed by atoms with Crippen molar-refractivity contribution in [2.24, 2.45) is 0 Å². The summed E-state index contributed by atoms with van der Waals surface area (Å²) in [7, 11) is 1.32. The van der Waals surface area contributed by atoms with Crippen LogP contribution < -0.4 is 5.73 Å². The minimum absolute atomic E-state index is 0.171. The van der Waals surface area contributed by atoms with E-state index in [-0.39, 0.29) is 11.5 Å². The quantitative estimate of drug-likeness (QED) is 0.820. The van der Waals surface area contributed by atoms with Crippen LogP contribution in [0, 0.1) is 13.8 Å². The van der Waals surface area contributed by atoms with E-state index in [0.717, 1.165) is 16.8 Å². The molecule has 0 aliphatic rings. The summed E-state index contributed by atoms with van der Waals surface area (Å²) in [5, 5.41) is 0. The van der Waals surface area contributed by atoms with Gasteiger partial charge in [-0.1, -0.05) is 18.2 Å². The van der Waals surface area contributed by atoms with Gasteiger partial charge in [-0.2, -0.15) is 0 Å². The second-order valence-electron chi connectivity index (χ2n) is 4.08. The summed E-state index contributed by atoms with van der Waals surface area (Å²) in [6, 6.07) is 5.91. The van der Waals surface area contributed by atoms with Gasteiger partial charge in [0.25, 0.3) is 0 Å². The number of hydrogen-bond donors (Lipinski definition) is 1. The Hall–Kier alpha value is -2.30. The van der Waals surface area contributed by atoms with E-state index in [0.29, 0.717) is 0 Å². The molecule has 1 heterocycles. The van der Waals surface area contributed by atoms with E-state index in [1.54, 1.807) is 4.57 Å². The first-order valence-corrected chi connectivity index (χ1v) is 5.54. The van der Waals surface area contributed by atoms with Gasteiger partial charge in [-0.15, -0.1) is 0 Å². The second-order valence-corrected chi connectivity index (χ2v) is 4.08. The highest BCUT2D eigenvalue weighted by Gasteiger charge is 2.20. The summed E-state index contributed by atoms with van der Waals surface area (Å²) in [5.74, 6) is -0.322. The number of methoxy groups -OCH3 is 1. The van der Waals surface area contributed by atoms with Gasteiger partial charge in [-0.3, -0.25) is 4.57 Å². The van der Waals surface area contributed by atoms with Gasteiger partial charge in [0.05, 0.1) is 12.8 Å². The molecule has 0 bridgehead atoms. The van der Waals surface area contributed by atoms with Gasteiger partial charge >= 0.3 is 5.97 Å². The van der Waals surface area contributed by atoms with Gasteiger partial charge in [0.15, 0.2) is 11.5 Å². The Bertz CT molecular complexity index is 582. The molecule has 18 heavy (non-hydrogen) atoms. The summed E-state index contributed by atoms with van der Waals surface area (Å²) >= 11 is 0. The van der Waals surface area contributed by atoms with Crippen molar-refractivity contribution in [3.63, 3.8) is 0 Å². The third kappa shape index (κ3) is 1.84. The molecule has 2 rings (SSSR count). The summed E-state index contributed by atoms with van der Waals surface area (Å²) in [5.41, 5.74) is 8.97. The van der Waals surface area contributed by atoms with Crippen LogP contribution in [0.25, 0.3) is 5.69 Å². The zero-order valence-corrected chi connectivity index (χ0v) is 10.6. The number of nitrogens with two attached hydrogens (primary N) is 1. The number of nitrogen functional groups attached to an aromatic ring is 1. The number of esters is 1. The Morgan fingerprint density at radius 2 is 1.94 bits per heavy atom. The number of imidazole rings is 1. The van der Waals surface area contributed by atoms with E-state index >= 15 is 0 Å². The van der Waals surface area contributed by atoms with E-state index in [2.05, 4.69) is 4.98 Å². The van der Waals surface area contributed by atoms with Crippen molar-refractivity contribution in [2.75, 3.05) is 12.8 Å². The second kappa shape index (κ2) is 4.52. The van der Waals surface area contributed by atoms with Crippen LogP contribution in [0.15, 0.2) is 24.5 Å². The molecule has 2 N–H and O–H groups in total. The number of hydrogen-bond acceptors (Lipinski definition) is 4. The van der Waals surface area contributed by atoms with E-state index in [4.69, 9.17) is 10.5 Å². The SMILES string of the molecule is COC(=O)c1c(N)ncn1-c1c(C)cccc1C. The highest BCUT2D eigenvalue weighted by Crippen LogP contribution is 2.23. The van der Waals surface area contributed by atoms with Gasteiger partial charge in [-0.25, -0.2) is 9.78 Å². The topological polar surface area (TPSA) is 70.1 Å². The van der Waals surface area contributed by atoms with Crippen LogP contribution in [-0.4, -0.2) is 22.6 Å². The van der Waals surface area contributed by atoms with Crippen LogP contribution in [-0.2, 0) is 4.74 Å². The molecule has 1 aromatic carbocycles. The fourth-order valence-corrected chi connectivity index (χ4v) is 2.02. The fraction of sp³-hybridized carbons (Fsp3) is 0.231. The third-order valence-corrected chi connectivity index (χ3v) is 2.85. The Balaban J connectivity index is 2.69. The number of ether oxygens (including phenoxy) is 1. The Kier molecular flexibility index (Phi) is 3.06. The van der Waals surface area contributed by atoms with Crippen molar-refractivity contribution in [1.82, 2.24) is 9.55 Å². The number of benzene rings is 1. The molecular formula is C13H15N3O2. The van der Waals surface area contributed by atoms with Crippen molar-refractivity contribution >= 4 is 11.8 Å². The predicted octanol–water partition coefficient (Wildman–Crippen LogP) is 1.86. The predicted molar refractivity (Wildman–Crippen MR) is 68.8 cm³/mol. The Labute approximate surface area is 105 Å². The van der Waals surface area contributed by atoms with E-state index < -0.39 is 5.97 Å². The molecule has 0 spiro atoms. The normalized spacial score (nSPS) is 10.4. The number of aryl methyl sites for hydroxylation is 2. The third-order valence-electron chi connectivity index (χ3n) is 2.85. The Morgan fingerprint density at radius 3 is 2.50 bits per heavy atom. The van der Waals surface area contributed by atoms with E-state index in [1.165, 1.54) is 13.4 Å². The molecule has 0 atom stereocenters. The fourth-order valence-electron chi connectivity index (χ4n) is 2.02. The lowest BCUT2D eigenvalue weighted by atomic mass is 10.1. The van der Waals surface area contributed by atoms with Crippen LogP contribution in [0.2, 0.25) is 0 Å². The molecule has 1 aromatic heterocycles. The lowest BCUT2D eigenvalue weighted by Gasteiger charge is -2.13. The smallest absolute Gasteiger partial charge is 0.358 e. The van der Waals surface area contributed by atoms with Crippen molar-refractivity contribution in [1.29, 1.82) is 0 Å². The largest absolute Gasteiger partial charge is 0.464 e. The molecule has 0 radical (unpaired) electrons. The molecule has 94 valence electrons. The van der Waals surface area contributed by atoms with Gasteiger partial charge in [0.2, 0.25) is 0 Å². The molecule has 2 aromatic rings. The van der Waals surface area contributed by atoms with Crippen LogP contribution >= 0.6 is 0 Å². The number of aromatic nitrogens is 2. The maximum absolute atomic E-state index is 11.7. The summed E-state index contributed by atoms with van der Waals surface area (Å²) in [6.45, 7) is 3.94. The van der Waals surface area contributed by atoms with Gasteiger partial charge < -0.3 is 10.5 Å². The van der Waals surface area contributed by atoms with Crippen molar-refractivity contribution in [3.8, 4) is 5.69 Å². The molecular weight excluding hydrogens is 230 g/mol. The van der Waals surface area contributed by atoms with Crippen molar-refractivity contribution in [3.05, 3.63) is 41.3 Å². The molecule has 5 nitrogen and oxygen atoms in total. The van der Waals surface area contributed by atoms with Crippen LogP contribution in [0.1, 0.15) is 21.6 Å². The molecule has 0 saturated carbocycles. The van der Waals surface area contributed by atoms with Gasteiger partial charge in [-0.05, 0) is 25.0 Å². The standard InChI is InChI=1S/C13H15N3O2/c1-8-5-4-6-9(2)10(8)16-7-15-12(14)11(16)13(17)18-3/h4-7H,14H2,1-3H3. The molecule has 0 aliphatic carbocycles. The number of anilines is 1. The number of carbonyl (C=O) groups is 1. The average Bonchev–Trinajstić information content (AvgIpc) is 2.70. The van der Waals surface area contributed by atoms with Gasteiger partial charge in [0.1, 0.15) is 6.33 Å². The van der Waals surface area contributed by atoms with E-state index in [9.17, 15) is 4.79 Å². The van der Waals surface area contributed by atoms with Crippen LogP contribution in [0.5, 0.6) is 0 Å². The number of rotatable bonds is 2. The Morgan fingerprint density at radius 1 is 1.33 bits per heavy atom. The molecule has 0 aliphatic heterocycles. The monoisotopic (exact) mass is 245 g/mol. The zero-order chi connectivity index (χ0) is 13.3. The number of para-hydroxylation sites is 1. The van der Waals surface area contributed by atoms with Crippen LogP contribution in [0.3, 0.4) is 0 Å². The first kappa shape index (κ1) is 12.2. The maximum atomic E-state index is 11.7. The van der Waals surface area contributed by atoms with E-state index in [1.807, 2.05) is 32.0 Å². The van der Waals surface area contributed by atoms with Gasteiger partial charge in [0, 0.05) is 0 Å². The zero-order valence-electron chi connectivity index (χ0n) is 10.6. The van der Waals surface area contributed by atoms with Crippen LogP contribution in [0.4, 0.5) is 5.82 Å². The lowest BCUT2D eigenvalue weighted by Crippen LogP contribution is -2.12. The summed E-state index contributed by atoms with van der Waals surface area (Å²) in [4.78, 5) is 15.7. The average molecular weight is 245 g/mol. The highest BCUT2D eigenvalue weighted by molar-refractivity contribution is 5.93. The summed E-state index contributed by atoms with van der Waals surface area (Å²) in [6.07, 6.45) is 1.54. The number of nitrogens with zero attached hydrogens (tertiary/aromatic N) is 2. The van der Waals surface area contributed by atoms with Crippen molar-refractivity contribution in [2.45, 2.75) is 13.8 Å². The number of carbonyl (C=O) groups excluding carboxylic acids is 1. The highest BCUT2D eigenvalue weighted by atomic mass is 16.5. The minimum Gasteiger partial charge on any atom is -0.464 e.